The highest BCUT2D eigenvalue weighted by molar-refractivity contribution is 5.94. The Morgan fingerprint density at radius 3 is 2.53 bits per heavy atom. The number of carbonyl (C=O) groups is 1. The molecular formula is C27H27N3O2. The number of aromatic nitrogens is 2. The fraction of sp³-hybridized carbons (Fsp3) is 0.222. The van der Waals surface area contributed by atoms with Gasteiger partial charge in [0.1, 0.15) is 0 Å². The largest absolute Gasteiger partial charge is 0.334 e. The summed E-state index contributed by atoms with van der Waals surface area (Å²) in [7, 11) is 0. The first-order valence-electron chi connectivity index (χ1n) is 10.8. The molecule has 32 heavy (non-hydrogen) atoms. The average molecular weight is 426 g/mol. The fourth-order valence-corrected chi connectivity index (χ4v) is 3.96. The van der Waals surface area contributed by atoms with E-state index in [0.717, 1.165) is 22.0 Å². The van der Waals surface area contributed by atoms with Crippen molar-refractivity contribution in [1.29, 1.82) is 0 Å². The maximum Gasteiger partial charge on any atom is 0.255 e. The second-order valence-electron chi connectivity index (χ2n) is 8.24. The van der Waals surface area contributed by atoms with E-state index in [0.29, 0.717) is 24.1 Å². The minimum atomic E-state index is -0.161. The van der Waals surface area contributed by atoms with Crippen molar-refractivity contribution >= 4 is 16.8 Å². The van der Waals surface area contributed by atoms with Crippen LogP contribution in [-0.2, 0) is 13.0 Å². The Balaban J connectivity index is 1.67. The molecule has 5 nitrogen and oxygen atoms in total. The zero-order valence-electron chi connectivity index (χ0n) is 18.7. The molecule has 0 unspecified atom stereocenters. The van der Waals surface area contributed by atoms with Crippen molar-refractivity contribution in [2.75, 3.05) is 6.54 Å². The summed E-state index contributed by atoms with van der Waals surface area (Å²) >= 11 is 0. The molecule has 4 rings (SSSR count). The Morgan fingerprint density at radius 2 is 1.78 bits per heavy atom. The van der Waals surface area contributed by atoms with Gasteiger partial charge in [-0.1, -0.05) is 36.4 Å². The van der Waals surface area contributed by atoms with Crippen molar-refractivity contribution in [3.63, 3.8) is 0 Å². The summed E-state index contributed by atoms with van der Waals surface area (Å²) in [5.74, 6) is -0.133. The Kier molecular flexibility index (Phi) is 6.17. The molecule has 0 bridgehead atoms. The number of aromatic amines is 1. The van der Waals surface area contributed by atoms with Crippen molar-refractivity contribution in [3.05, 3.63) is 111 Å². The van der Waals surface area contributed by atoms with Gasteiger partial charge in [-0.15, -0.1) is 0 Å². The van der Waals surface area contributed by atoms with Crippen molar-refractivity contribution < 1.29 is 4.79 Å². The zero-order chi connectivity index (χ0) is 22.7. The van der Waals surface area contributed by atoms with Crippen LogP contribution in [0, 0.1) is 20.8 Å². The SMILES string of the molecule is Cc1ccccc1CCN(Cc1cc2ccc(C)c(C)c2[nH]c1=O)C(=O)c1cccnc1. The maximum atomic E-state index is 13.3. The highest BCUT2D eigenvalue weighted by Crippen LogP contribution is 2.20. The number of rotatable bonds is 6. The molecule has 0 aliphatic rings. The molecule has 2 aromatic carbocycles. The number of carbonyl (C=O) groups excluding carboxylic acids is 1. The lowest BCUT2D eigenvalue weighted by Crippen LogP contribution is -2.34. The Labute approximate surface area is 187 Å². The number of aryl methyl sites for hydroxylation is 3. The van der Waals surface area contributed by atoms with E-state index in [1.54, 1.807) is 29.4 Å². The first kappa shape index (κ1) is 21.5. The Hall–Kier alpha value is -3.73. The van der Waals surface area contributed by atoms with Gasteiger partial charge in [0.25, 0.3) is 11.5 Å². The summed E-state index contributed by atoms with van der Waals surface area (Å²) in [5.41, 5.74) is 6.35. The molecule has 2 aromatic heterocycles. The molecule has 0 saturated carbocycles. The fourth-order valence-electron chi connectivity index (χ4n) is 3.96. The molecule has 0 fully saturated rings. The van der Waals surface area contributed by atoms with Crippen LogP contribution >= 0.6 is 0 Å². The van der Waals surface area contributed by atoms with Crippen LogP contribution in [0.1, 0.15) is 38.2 Å². The van der Waals surface area contributed by atoms with Gasteiger partial charge in [0.15, 0.2) is 0 Å². The molecule has 0 aliphatic carbocycles. The summed E-state index contributed by atoms with van der Waals surface area (Å²) in [6, 6.07) is 17.6. The van der Waals surface area contributed by atoms with Crippen molar-refractivity contribution in [3.8, 4) is 0 Å². The van der Waals surface area contributed by atoms with Crippen molar-refractivity contribution in [2.45, 2.75) is 33.7 Å². The summed E-state index contributed by atoms with van der Waals surface area (Å²) in [6.07, 6.45) is 3.93. The summed E-state index contributed by atoms with van der Waals surface area (Å²) < 4.78 is 0. The van der Waals surface area contributed by atoms with Crippen LogP contribution in [0.5, 0.6) is 0 Å². The first-order valence-corrected chi connectivity index (χ1v) is 10.8. The van der Waals surface area contributed by atoms with E-state index >= 15 is 0 Å². The number of hydrogen-bond acceptors (Lipinski definition) is 3. The third-order valence-electron chi connectivity index (χ3n) is 6.10. The predicted molar refractivity (Wildman–Crippen MR) is 128 cm³/mol. The highest BCUT2D eigenvalue weighted by Gasteiger charge is 2.19. The van der Waals surface area contributed by atoms with E-state index in [9.17, 15) is 9.59 Å². The van der Waals surface area contributed by atoms with E-state index in [-0.39, 0.29) is 18.0 Å². The van der Waals surface area contributed by atoms with E-state index in [2.05, 4.69) is 35.1 Å². The van der Waals surface area contributed by atoms with Gasteiger partial charge in [-0.25, -0.2) is 0 Å². The van der Waals surface area contributed by atoms with Gasteiger partial charge in [-0.2, -0.15) is 0 Å². The van der Waals surface area contributed by atoms with E-state index in [1.165, 1.54) is 11.1 Å². The van der Waals surface area contributed by atoms with Crippen molar-refractivity contribution in [1.82, 2.24) is 14.9 Å². The molecule has 0 saturated heterocycles. The topological polar surface area (TPSA) is 66.1 Å². The van der Waals surface area contributed by atoms with Crippen LogP contribution in [0.25, 0.3) is 10.9 Å². The van der Waals surface area contributed by atoms with Gasteiger partial charge >= 0.3 is 0 Å². The van der Waals surface area contributed by atoms with E-state index in [1.807, 2.05) is 38.1 Å². The van der Waals surface area contributed by atoms with Gasteiger partial charge in [-0.3, -0.25) is 14.6 Å². The first-order chi connectivity index (χ1) is 15.4. The minimum absolute atomic E-state index is 0.133. The van der Waals surface area contributed by atoms with Crippen LogP contribution < -0.4 is 5.56 Å². The average Bonchev–Trinajstić information content (AvgIpc) is 2.81. The standard InChI is InChI=1S/C27H27N3O2/c1-18-10-11-22-15-24(26(31)29-25(22)20(18)3)17-30(27(32)23-9-6-13-28-16-23)14-12-21-8-5-4-7-19(21)2/h4-11,13,15-16H,12,14,17H2,1-3H3,(H,29,31). The Morgan fingerprint density at radius 1 is 0.969 bits per heavy atom. The number of amides is 1. The maximum absolute atomic E-state index is 13.3. The second kappa shape index (κ2) is 9.18. The van der Waals surface area contributed by atoms with Crippen LogP contribution in [0.3, 0.4) is 0 Å². The normalized spacial score (nSPS) is 11.0. The zero-order valence-corrected chi connectivity index (χ0v) is 18.7. The third kappa shape index (κ3) is 4.47. The molecule has 0 atom stereocenters. The molecule has 1 amide bonds. The van der Waals surface area contributed by atoms with Gasteiger partial charge < -0.3 is 9.88 Å². The van der Waals surface area contributed by atoms with Gasteiger partial charge in [0, 0.05) is 24.5 Å². The molecule has 0 radical (unpaired) electrons. The van der Waals surface area contributed by atoms with E-state index < -0.39 is 0 Å². The number of fused-ring (bicyclic) bond motifs is 1. The number of benzene rings is 2. The second-order valence-corrected chi connectivity index (χ2v) is 8.24. The van der Waals surface area contributed by atoms with Crippen LogP contribution in [-0.4, -0.2) is 27.3 Å². The van der Waals surface area contributed by atoms with E-state index in [4.69, 9.17) is 0 Å². The van der Waals surface area contributed by atoms with Gasteiger partial charge in [0.2, 0.25) is 0 Å². The lowest BCUT2D eigenvalue weighted by molar-refractivity contribution is 0.0744. The molecule has 0 spiro atoms. The molecular weight excluding hydrogens is 398 g/mol. The molecule has 4 aromatic rings. The van der Waals surface area contributed by atoms with Crippen LogP contribution in [0.15, 0.2) is 71.8 Å². The van der Waals surface area contributed by atoms with Gasteiger partial charge in [-0.05, 0) is 73.0 Å². The number of nitrogens with one attached hydrogen (secondary N) is 1. The molecule has 0 aliphatic heterocycles. The number of pyridine rings is 2. The number of nitrogens with zero attached hydrogens (tertiary/aromatic N) is 2. The van der Waals surface area contributed by atoms with Crippen molar-refractivity contribution in [2.24, 2.45) is 0 Å². The monoisotopic (exact) mass is 425 g/mol. The summed E-state index contributed by atoms with van der Waals surface area (Å²) in [4.78, 5) is 35.1. The predicted octanol–water partition coefficient (Wildman–Crippen LogP) is 4.73. The highest BCUT2D eigenvalue weighted by atomic mass is 16.2. The summed E-state index contributed by atoms with van der Waals surface area (Å²) in [6.45, 7) is 6.84. The Bertz CT molecular complexity index is 1330. The quantitative estimate of drug-likeness (QED) is 0.486. The molecule has 1 N–H and O–H groups in total. The van der Waals surface area contributed by atoms with Gasteiger partial charge in [0.05, 0.1) is 17.6 Å². The molecule has 162 valence electrons. The number of hydrogen-bond donors (Lipinski definition) is 1. The number of H-pyrrole nitrogens is 1. The minimum Gasteiger partial charge on any atom is -0.334 e. The lowest BCUT2D eigenvalue weighted by Gasteiger charge is -2.23. The summed E-state index contributed by atoms with van der Waals surface area (Å²) in [5, 5.41) is 0.968. The smallest absolute Gasteiger partial charge is 0.255 e. The molecule has 2 heterocycles. The third-order valence-corrected chi connectivity index (χ3v) is 6.10. The molecule has 5 heteroatoms. The van der Waals surface area contributed by atoms with Crippen LogP contribution in [0.2, 0.25) is 0 Å². The van der Waals surface area contributed by atoms with Crippen LogP contribution in [0.4, 0.5) is 0 Å². The lowest BCUT2D eigenvalue weighted by atomic mass is 10.0.